The highest BCUT2D eigenvalue weighted by molar-refractivity contribution is 7.90. The standard InChI is InChI=1S/C22H27N3O3S.2C2HF3O2/c1-28-17-16-23-12-14-24(15-13-23)18-19-6-5-9-22-21(19)10-11-25(22)29(26,27)20-7-3-2-4-8-20;2*3-2(4,5)1(6)7/h2-11H,12-18H2,1H3;2*(H,6,7). The molecule has 10 nitrogen and oxygen atoms in total. The molecule has 17 heteroatoms. The number of hydrogen-bond acceptors (Lipinski definition) is 7. The maximum Gasteiger partial charge on any atom is 0.490 e. The van der Waals surface area contributed by atoms with E-state index in [1.54, 1.807) is 37.6 Å². The van der Waals surface area contributed by atoms with Crippen LogP contribution in [-0.2, 0) is 30.9 Å². The number of nitrogens with zero attached hydrogens (tertiary/aromatic N) is 3. The number of fused-ring (bicyclic) bond motifs is 1. The van der Waals surface area contributed by atoms with E-state index in [1.165, 1.54) is 3.97 Å². The van der Waals surface area contributed by atoms with Gasteiger partial charge in [0.2, 0.25) is 0 Å². The van der Waals surface area contributed by atoms with Crippen molar-refractivity contribution in [2.45, 2.75) is 23.8 Å². The van der Waals surface area contributed by atoms with Crippen LogP contribution >= 0.6 is 0 Å². The van der Waals surface area contributed by atoms with E-state index in [-0.39, 0.29) is 0 Å². The predicted octanol–water partition coefficient (Wildman–Crippen LogP) is 3.91. The van der Waals surface area contributed by atoms with Crippen molar-refractivity contribution in [3.05, 3.63) is 66.4 Å². The van der Waals surface area contributed by atoms with Crippen molar-refractivity contribution in [3.8, 4) is 0 Å². The first-order valence-corrected chi connectivity index (χ1v) is 13.9. The fourth-order valence-electron chi connectivity index (χ4n) is 3.89. The van der Waals surface area contributed by atoms with E-state index in [4.69, 9.17) is 24.5 Å². The Bertz CT molecular complexity index is 1430. The fourth-order valence-corrected chi connectivity index (χ4v) is 5.26. The number of benzene rings is 2. The Hall–Kier alpha value is -3.67. The number of hydrogen-bond donors (Lipinski definition) is 2. The summed E-state index contributed by atoms with van der Waals surface area (Å²) in [6, 6.07) is 16.4. The molecule has 1 aliphatic heterocycles. The Morgan fingerprint density at radius 3 is 1.81 bits per heavy atom. The molecule has 0 spiro atoms. The van der Waals surface area contributed by atoms with Crippen LogP contribution < -0.4 is 0 Å². The van der Waals surface area contributed by atoms with Gasteiger partial charge in [0, 0.05) is 58.0 Å². The lowest BCUT2D eigenvalue weighted by atomic mass is 10.1. The molecule has 0 unspecified atom stereocenters. The third kappa shape index (κ3) is 10.5. The van der Waals surface area contributed by atoms with Gasteiger partial charge in [-0.2, -0.15) is 26.3 Å². The van der Waals surface area contributed by atoms with Crippen molar-refractivity contribution in [1.82, 2.24) is 13.8 Å². The summed E-state index contributed by atoms with van der Waals surface area (Å²) in [5, 5.41) is 15.2. The van der Waals surface area contributed by atoms with E-state index >= 15 is 0 Å². The molecule has 1 aliphatic rings. The number of carboxylic acid groups (broad SMARTS) is 2. The molecule has 2 heterocycles. The summed E-state index contributed by atoms with van der Waals surface area (Å²) in [6.07, 6.45) is -8.50. The Morgan fingerprint density at radius 1 is 0.814 bits per heavy atom. The van der Waals surface area contributed by atoms with Gasteiger partial charge in [-0.1, -0.05) is 30.3 Å². The minimum Gasteiger partial charge on any atom is -0.475 e. The van der Waals surface area contributed by atoms with Gasteiger partial charge in [0.25, 0.3) is 10.0 Å². The summed E-state index contributed by atoms with van der Waals surface area (Å²) in [5.74, 6) is -5.51. The van der Waals surface area contributed by atoms with Crippen molar-refractivity contribution < 1.29 is 59.3 Å². The van der Waals surface area contributed by atoms with Crippen LogP contribution in [-0.4, -0.2) is 103 Å². The third-order valence-corrected chi connectivity index (χ3v) is 7.75. The molecule has 0 amide bonds. The zero-order valence-corrected chi connectivity index (χ0v) is 23.5. The number of alkyl halides is 6. The van der Waals surface area contributed by atoms with Crippen LogP contribution in [0.25, 0.3) is 10.9 Å². The van der Waals surface area contributed by atoms with Gasteiger partial charge >= 0.3 is 24.3 Å². The number of ether oxygens (including phenoxy) is 1. The second kappa shape index (κ2) is 15.2. The van der Waals surface area contributed by atoms with Crippen LogP contribution in [0.1, 0.15) is 5.56 Å². The first-order valence-electron chi connectivity index (χ1n) is 12.4. The molecule has 0 bridgehead atoms. The Labute approximate surface area is 242 Å². The average molecular weight is 642 g/mol. The lowest BCUT2D eigenvalue weighted by molar-refractivity contribution is -0.193. The Balaban J connectivity index is 0.000000384. The zero-order chi connectivity index (χ0) is 32.4. The molecule has 3 aromatic rings. The number of methoxy groups -OCH3 is 1. The topological polar surface area (TPSA) is 129 Å². The summed E-state index contributed by atoms with van der Waals surface area (Å²) < 4.78 is 96.2. The second-order valence-corrected chi connectivity index (χ2v) is 10.8. The smallest absolute Gasteiger partial charge is 0.475 e. The van der Waals surface area contributed by atoms with E-state index in [1.807, 2.05) is 24.3 Å². The minimum absolute atomic E-state index is 0.301. The van der Waals surface area contributed by atoms with Gasteiger partial charge < -0.3 is 14.9 Å². The van der Waals surface area contributed by atoms with Gasteiger partial charge in [-0.05, 0) is 29.8 Å². The molecular formula is C26H29F6N3O7S. The minimum atomic E-state index is -5.08. The van der Waals surface area contributed by atoms with Gasteiger partial charge in [0.1, 0.15) is 0 Å². The maximum absolute atomic E-state index is 13.1. The van der Waals surface area contributed by atoms with E-state index in [0.717, 1.165) is 62.3 Å². The van der Waals surface area contributed by atoms with E-state index in [2.05, 4.69) is 15.9 Å². The number of aromatic nitrogens is 1. The van der Waals surface area contributed by atoms with Crippen LogP contribution in [0.2, 0.25) is 0 Å². The van der Waals surface area contributed by atoms with E-state index in [9.17, 15) is 34.8 Å². The molecule has 238 valence electrons. The predicted molar refractivity (Wildman–Crippen MR) is 142 cm³/mol. The molecule has 0 aliphatic carbocycles. The molecule has 1 saturated heterocycles. The number of piperazine rings is 1. The first kappa shape index (κ1) is 35.5. The van der Waals surface area contributed by atoms with Gasteiger partial charge in [0.05, 0.1) is 17.0 Å². The highest BCUT2D eigenvalue weighted by Crippen LogP contribution is 2.26. The quantitative estimate of drug-likeness (QED) is 0.369. The molecule has 0 atom stereocenters. The fraction of sp³-hybridized carbons (Fsp3) is 0.385. The van der Waals surface area contributed by atoms with Crippen molar-refractivity contribution in [3.63, 3.8) is 0 Å². The zero-order valence-electron chi connectivity index (χ0n) is 22.7. The number of rotatable bonds is 7. The van der Waals surface area contributed by atoms with Gasteiger partial charge in [0.15, 0.2) is 0 Å². The summed E-state index contributed by atoms with van der Waals surface area (Å²) in [4.78, 5) is 22.9. The largest absolute Gasteiger partial charge is 0.490 e. The maximum atomic E-state index is 13.1. The van der Waals surface area contributed by atoms with Crippen LogP contribution in [0, 0.1) is 0 Å². The van der Waals surface area contributed by atoms with Crippen LogP contribution in [0.15, 0.2) is 65.7 Å². The van der Waals surface area contributed by atoms with E-state index < -0.39 is 34.3 Å². The Kier molecular flexibility index (Phi) is 12.5. The first-order chi connectivity index (χ1) is 20.0. The summed E-state index contributed by atoms with van der Waals surface area (Å²) >= 11 is 0. The van der Waals surface area contributed by atoms with Gasteiger partial charge in [-0.15, -0.1) is 0 Å². The highest BCUT2D eigenvalue weighted by atomic mass is 32.2. The van der Waals surface area contributed by atoms with Crippen molar-refractivity contribution in [1.29, 1.82) is 0 Å². The summed E-state index contributed by atoms with van der Waals surface area (Å²) in [7, 11) is -1.87. The number of halogens is 6. The number of aliphatic carboxylic acids is 2. The second-order valence-electron chi connectivity index (χ2n) is 9.00. The molecule has 4 rings (SSSR count). The van der Waals surface area contributed by atoms with Crippen molar-refractivity contribution in [2.24, 2.45) is 0 Å². The highest BCUT2D eigenvalue weighted by Gasteiger charge is 2.38. The molecule has 0 saturated carbocycles. The summed E-state index contributed by atoms with van der Waals surface area (Å²) in [6.45, 7) is 6.63. The molecular weight excluding hydrogens is 612 g/mol. The number of carboxylic acids is 2. The molecule has 0 radical (unpaired) electrons. The normalized spacial score (nSPS) is 14.8. The summed E-state index contributed by atoms with van der Waals surface area (Å²) in [5.41, 5.74) is 1.89. The number of carbonyl (C=O) groups is 2. The monoisotopic (exact) mass is 641 g/mol. The van der Waals surface area contributed by atoms with Crippen molar-refractivity contribution in [2.75, 3.05) is 46.4 Å². The molecule has 2 N–H and O–H groups in total. The van der Waals surface area contributed by atoms with Crippen LogP contribution in [0.5, 0.6) is 0 Å². The molecule has 2 aromatic carbocycles. The SMILES string of the molecule is COCCN1CCN(Cc2cccc3c2ccn3S(=O)(=O)c2ccccc2)CC1.O=C(O)C(F)(F)F.O=C(O)C(F)(F)F. The molecule has 43 heavy (non-hydrogen) atoms. The van der Waals surface area contributed by atoms with Crippen LogP contribution in [0.4, 0.5) is 26.3 Å². The van der Waals surface area contributed by atoms with Gasteiger partial charge in [-0.25, -0.2) is 22.0 Å². The lowest BCUT2D eigenvalue weighted by Crippen LogP contribution is -2.46. The van der Waals surface area contributed by atoms with Crippen molar-refractivity contribution >= 4 is 32.9 Å². The third-order valence-electron chi connectivity index (χ3n) is 6.04. The lowest BCUT2D eigenvalue weighted by Gasteiger charge is -2.34. The van der Waals surface area contributed by atoms with Crippen LogP contribution in [0.3, 0.4) is 0 Å². The van der Waals surface area contributed by atoms with Gasteiger partial charge in [-0.3, -0.25) is 9.80 Å². The van der Waals surface area contributed by atoms with E-state index in [0.29, 0.717) is 4.90 Å². The molecule has 1 aromatic heterocycles. The molecule has 1 fully saturated rings. The average Bonchev–Trinajstić information content (AvgIpc) is 3.39. The Morgan fingerprint density at radius 2 is 1.33 bits per heavy atom.